The molecule has 0 saturated heterocycles. The molecule has 0 fully saturated rings. The predicted molar refractivity (Wildman–Crippen MR) is 110 cm³/mol. The molecule has 0 saturated carbocycles. The number of nitrogens with one attached hydrogen (secondary N) is 1. The number of hydrogen-bond acceptors (Lipinski definition) is 6. The highest BCUT2D eigenvalue weighted by atomic mass is 35.5. The third-order valence-corrected chi connectivity index (χ3v) is 4.30. The molecule has 30 heavy (non-hydrogen) atoms. The van der Waals surface area contributed by atoms with Crippen molar-refractivity contribution in [1.82, 2.24) is 9.97 Å². The molecule has 2 aromatic carbocycles. The maximum Gasteiger partial charge on any atom is 0.344 e. The zero-order chi connectivity index (χ0) is 21.7. The van der Waals surface area contributed by atoms with E-state index in [0.717, 1.165) is 0 Å². The zero-order valence-corrected chi connectivity index (χ0v) is 16.9. The number of ether oxygens (including phenoxy) is 3. The first kappa shape index (κ1) is 21.1. The third kappa shape index (κ3) is 4.70. The number of carbonyl (C=O) groups excluding carboxylic acids is 1. The molecule has 0 atom stereocenters. The minimum absolute atomic E-state index is 0.182. The van der Waals surface area contributed by atoms with Crippen molar-refractivity contribution in [3.8, 4) is 17.6 Å². The summed E-state index contributed by atoms with van der Waals surface area (Å²) < 4.78 is 28.9. The molecule has 1 heterocycles. The number of H-pyrrole nitrogens is 1. The number of esters is 1. The van der Waals surface area contributed by atoms with Crippen LogP contribution in [0, 0.1) is 17.1 Å². The number of nitriles is 1. The number of halogens is 2. The van der Waals surface area contributed by atoms with E-state index in [9.17, 15) is 14.4 Å². The standard InChI is InChI=1S/C21H17ClFN3O4/c1-3-29-19(27)11-30-20-15(22)7-12(8-18(20)28-2)6-13(10-24)21-25-16-5-4-14(23)9-17(16)26-21/h4-9H,3,11H2,1-2H3,(H,25,26)/b13-6-. The van der Waals surface area contributed by atoms with E-state index in [0.29, 0.717) is 16.6 Å². The number of hydrogen-bond donors (Lipinski definition) is 1. The van der Waals surface area contributed by atoms with Gasteiger partial charge < -0.3 is 19.2 Å². The number of imidazole rings is 1. The van der Waals surface area contributed by atoms with E-state index in [2.05, 4.69) is 16.0 Å². The molecular formula is C21H17ClFN3O4. The van der Waals surface area contributed by atoms with Crippen LogP contribution in [0.4, 0.5) is 4.39 Å². The number of aromatic amines is 1. The predicted octanol–water partition coefficient (Wildman–Crippen LogP) is 4.37. The Kier molecular flexibility index (Phi) is 6.54. The normalized spacial score (nSPS) is 11.2. The quantitative estimate of drug-likeness (QED) is 0.442. The summed E-state index contributed by atoms with van der Waals surface area (Å²) in [6, 6.07) is 9.35. The van der Waals surface area contributed by atoms with Crippen molar-refractivity contribution >= 4 is 40.3 Å². The van der Waals surface area contributed by atoms with Crippen molar-refractivity contribution in [2.45, 2.75) is 6.92 Å². The van der Waals surface area contributed by atoms with Gasteiger partial charge in [0.25, 0.3) is 0 Å². The summed E-state index contributed by atoms with van der Waals surface area (Å²) in [6.07, 6.45) is 1.55. The largest absolute Gasteiger partial charge is 0.493 e. The molecule has 0 bridgehead atoms. The van der Waals surface area contributed by atoms with Crippen LogP contribution < -0.4 is 9.47 Å². The molecule has 7 nitrogen and oxygen atoms in total. The fourth-order valence-corrected chi connectivity index (χ4v) is 3.00. The van der Waals surface area contributed by atoms with Gasteiger partial charge in [-0.25, -0.2) is 14.2 Å². The third-order valence-electron chi connectivity index (χ3n) is 4.02. The average molecular weight is 430 g/mol. The molecule has 0 spiro atoms. The second-order valence-corrected chi connectivity index (χ2v) is 6.45. The van der Waals surface area contributed by atoms with Crippen LogP contribution in [-0.4, -0.2) is 36.3 Å². The Bertz CT molecular complexity index is 1170. The molecule has 9 heteroatoms. The lowest BCUT2D eigenvalue weighted by Crippen LogP contribution is -2.15. The van der Waals surface area contributed by atoms with Crippen molar-refractivity contribution in [3.63, 3.8) is 0 Å². The van der Waals surface area contributed by atoms with E-state index >= 15 is 0 Å². The van der Waals surface area contributed by atoms with Gasteiger partial charge in [-0.05, 0) is 48.9 Å². The smallest absolute Gasteiger partial charge is 0.344 e. The summed E-state index contributed by atoms with van der Waals surface area (Å²) in [5.41, 5.74) is 1.77. The summed E-state index contributed by atoms with van der Waals surface area (Å²) in [7, 11) is 1.43. The van der Waals surface area contributed by atoms with E-state index in [-0.39, 0.29) is 41.1 Å². The zero-order valence-electron chi connectivity index (χ0n) is 16.2. The molecule has 3 aromatic rings. The first-order valence-corrected chi connectivity index (χ1v) is 9.26. The lowest BCUT2D eigenvalue weighted by molar-refractivity contribution is -0.145. The maximum atomic E-state index is 13.4. The Labute approximate surface area is 176 Å². The molecule has 154 valence electrons. The van der Waals surface area contributed by atoms with Crippen molar-refractivity contribution in [1.29, 1.82) is 5.26 Å². The Hall–Kier alpha value is -3.57. The molecule has 0 amide bonds. The van der Waals surface area contributed by atoms with Gasteiger partial charge in [-0.3, -0.25) is 0 Å². The molecule has 0 aliphatic carbocycles. The van der Waals surface area contributed by atoms with Gasteiger partial charge >= 0.3 is 5.97 Å². The van der Waals surface area contributed by atoms with E-state index in [1.54, 1.807) is 25.1 Å². The lowest BCUT2D eigenvalue weighted by Gasteiger charge is -2.13. The Morgan fingerprint density at radius 2 is 2.17 bits per heavy atom. The number of carbonyl (C=O) groups is 1. The topological polar surface area (TPSA) is 97.2 Å². The number of aromatic nitrogens is 2. The summed E-state index contributed by atoms with van der Waals surface area (Å²) in [5.74, 6) is -0.192. The van der Waals surface area contributed by atoms with Crippen LogP contribution in [0.1, 0.15) is 18.3 Å². The van der Waals surface area contributed by atoms with Crippen LogP contribution in [0.2, 0.25) is 5.02 Å². The molecular weight excluding hydrogens is 413 g/mol. The van der Waals surface area contributed by atoms with Crippen molar-refractivity contribution in [3.05, 3.63) is 52.6 Å². The molecule has 0 unspecified atom stereocenters. The first-order chi connectivity index (χ1) is 14.4. The molecule has 1 aromatic heterocycles. The Morgan fingerprint density at radius 3 is 2.87 bits per heavy atom. The van der Waals surface area contributed by atoms with Gasteiger partial charge in [-0.2, -0.15) is 5.26 Å². The van der Waals surface area contributed by atoms with Crippen LogP contribution in [0.25, 0.3) is 22.7 Å². The Balaban J connectivity index is 1.93. The molecule has 0 aliphatic heterocycles. The van der Waals surface area contributed by atoms with Crippen LogP contribution in [0.15, 0.2) is 30.3 Å². The van der Waals surface area contributed by atoms with Crippen LogP contribution in [-0.2, 0) is 9.53 Å². The number of allylic oxidation sites excluding steroid dienone is 1. The highest BCUT2D eigenvalue weighted by Crippen LogP contribution is 2.37. The van der Waals surface area contributed by atoms with Gasteiger partial charge in [0.1, 0.15) is 17.7 Å². The van der Waals surface area contributed by atoms with Crippen molar-refractivity contribution in [2.75, 3.05) is 20.3 Å². The maximum absolute atomic E-state index is 13.4. The van der Waals surface area contributed by atoms with Crippen LogP contribution in [0.5, 0.6) is 11.5 Å². The van der Waals surface area contributed by atoms with Gasteiger partial charge in [0.2, 0.25) is 0 Å². The summed E-state index contributed by atoms with van der Waals surface area (Å²) in [5, 5.41) is 9.76. The number of benzene rings is 2. The van der Waals surface area contributed by atoms with Gasteiger partial charge in [0, 0.05) is 0 Å². The van der Waals surface area contributed by atoms with E-state index in [4.69, 9.17) is 25.8 Å². The first-order valence-electron chi connectivity index (χ1n) is 8.88. The summed E-state index contributed by atoms with van der Waals surface area (Å²) in [6.45, 7) is 1.61. The number of rotatable bonds is 7. The second-order valence-electron chi connectivity index (χ2n) is 6.04. The van der Waals surface area contributed by atoms with E-state index in [1.807, 2.05) is 0 Å². The van der Waals surface area contributed by atoms with Crippen molar-refractivity contribution < 1.29 is 23.4 Å². The highest BCUT2D eigenvalue weighted by Gasteiger charge is 2.15. The monoisotopic (exact) mass is 429 g/mol. The van der Waals surface area contributed by atoms with Gasteiger partial charge in [0.05, 0.1) is 35.3 Å². The van der Waals surface area contributed by atoms with Gasteiger partial charge in [-0.15, -0.1) is 0 Å². The lowest BCUT2D eigenvalue weighted by atomic mass is 10.1. The van der Waals surface area contributed by atoms with E-state index < -0.39 is 11.8 Å². The van der Waals surface area contributed by atoms with Gasteiger partial charge in [0.15, 0.2) is 18.1 Å². The molecule has 0 radical (unpaired) electrons. The van der Waals surface area contributed by atoms with Crippen molar-refractivity contribution in [2.24, 2.45) is 0 Å². The number of fused-ring (bicyclic) bond motifs is 1. The van der Waals surface area contributed by atoms with Gasteiger partial charge in [-0.1, -0.05) is 11.6 Å². The number of methoxy groups -OCH3 is 1. The minimum atomic E-state index is -0.535. The molecule has 3 rings (SSSR count). The summed E-state index contributed by atoms with van der Waals surface area (Å²) >= 11 is 6.29. The number of nitrogens with zero attached hydrogens (tertiary/aromatic N) is 2. The fourth-order valence-electron chi connectivity index (χ4n) is 2.73. The van der Waals surface area contributed by atoms with Crippen LogP contribution in [0.3, 0.4) is 0 Å². The molecule has 0 aliphatic rings. The highest BCUT2D eigenvalue weighted by molar-refractivity contribution is 6.32. The van der Waals surface area contributed by atoms with Crippen LogP contribution >= 0.6 is 11.6 Å². The average Bonchev–Trinajstić information content (AvgIpc) is 3.13. The van der Waals surface area contributed by atoms with E-state index in [1.165, 1.54) is 25.3 Å². The summed E-state index contributed by atoms with van der Waals surface area (Å²) in [4.78, 5) is 18.8. The Morgan fingerprint density at radius 1 is 1.37 bits per heavy atom. The molecule has 1 N–H and O–H groups in total. The SMILES string of the molecule is CCOC(=O)COc1c(Cl)cc(/C=C(/C#N)c2nc3ccc(F)cc3[nH]2)cc1OC. The fraction of sp³-hybridized carbons (Fsp3) is 0.190. The second kappa shape index (κ2) is 9.29. The minimum Gasteiger partial charge on any atom is -0.493 e.